The van der Waals surface area contributed by atoms with Crippen molar-refractivity contribution in [3.8, 4) is 0 Å². The maximum absolute atomic E-state index is 13.5. The first-order chi connectivity index (χ1) is 13.1. The fourth-order valence-electron chi connectivity index (χ4n) is 1.73. The summed E-state index contributed by atoms with van der Waals surface area (Å²) in [5.41, 5.74) is 0. The Labute approximate surface area is 175 Å². The Balaban J connectivity index is 0. The molecule has 0 aromatic heterocycles. The number of alkyl halides is 15. The lowest BCUT2D eigenvalue weighted by molar-refractivity contribution is -0.869. The van der Waals surface area contributed by atoms with E-state index in [1.165, 1.54) is 21.1 Å². The Morgan fingerprint density at radius 1 is 0.625 bits per heavy atom. The van der Waals surface area contributed by atoms with Gasteiger partial charge in [-0.05, 0) is 0 Å². The summed E-state index contributed by atoms with van der Waals surface area (Å²) in [7, 11) is 4.07. The van der Waals surface area contributed by atoms with Crippen LogP contribution in [0.15, 0.2) is 0 Å². The van der Waals surface area contributed by atoms with Crippen molar-refractivity contribution >= 4 is 5.91 Å². The van der Waals surface area contributed by atoms with Gasteiger partial charge in [-0.3, -0.25) is 4.79 Å². The molecule has 0 saturated heterocycles. The van der Waals surface area contributed by atoms with Gasteiger partial charge in [0.1, 0.15) is 0 Å². The summed E-state index contributed by atoms with van der Waals surface area (Å²) in [6.07, 6.45) is -7.67. The molecule has 0 aliphatic rings. The summed E-state index contributed by atoms with van der Waals surface area (Å²) in [6, 6.07) is 0. The van der Waals surface area contributed by atoms with Crippen molar-refractivity contribution in [3.63, 3.8) is 0 Å². The average molecular weight is 535 g/mol. The number of halogens is 16. The van der Waals surface area contributed by atoms with Gasteiger partial charge >= 0.3 is 41.7 Å². The van der Waals surface area contributed by atoms with Crippen molar-refractivity contribution in [3.05, 3.63) is 0 Å². The molecule has 0 rings (SSSR count). The number of likely N-dealkylation sites (N-methyl/N-ethyl adjacent to an activating group) is 1. The fraction of sp³-hybridized carbons (Fsp3) is 0.923. The summed E-state index contributed by atoms with van der Waals surface area (Å²) in [5.74, 6) is -51.2. The molecule has 19 heteroatoms. The van der Waals surface area contributed by atoms with E-state index in [1.54, 1.807) is 0 Å². The summed E-state index contributed by atoms with van der Waals surface area (Å²) < 4.78 is 194. The van der Waals surface area contributed by atoms with Crippen LogP contribution in [-0.4, -0.2) is 86.3 Å². The molecule has 1 amide bonds. The van der Waals surface area contributed by atoms with E-state index in [0.29, 0.717) is 0 Å². The van der Waals surface area contributed by atoms with Crippen LogP contribution in [0.3, 0.4) is 0 Å². The molecule has 194 valence electrons. The third-order valence-electron chi connectivity index (χ3n) is 3.68. The van der Waals surface area contributed by atoms with E-state index >= 15 is 0 Å². The number of carbonyl (C=O) groups excluding carboxylic acids is 1. The summed E-state index contributed by atoms with van der Waals surface area (Å²) in [4.78, 5) is 11.1. The maximum Gasteiger partial charge on any atom is 0.460 e. The zero-order chi connectivity index (χ0) is 25.7. The summed E-state index contributed by atoms with van der Waals surface area (Å²) >= 11 is 0. The van der Waals surface area contributed by atoms with E-state index in [4.69, 9.17) is 0 Å². The molecule has 1 N–H and O–H groups in total. The van der Waals surface area contributed by atoms with Crippen molar-refractivity contribution in [1.82, 2.24) is 5.32 Å². The number of nitrogens with zero attached hydrogens (tertiary/aromatic N) is 1. The van der Waals surface area contributed by atoms with Crippen molar-refractivity contribution in [2.75, 3.05) is 34.2 Å². The third-order valence-corrected chi connectivity index (χ3v) is 3.68. The lowest BCUT2D eigenvalue weighted by Gasteiger charge is -2.41. The number of hydrogen-bond donors (Lipinski definition) is 1. The van der Waals surface area contributed by atoms with Crippen LogP contribution >= 0.6 is 0 Å². The first-order valence-electron chi connectivity index (χ1n) is 7.55. The highest BCUT2D eigenvalue weighted by Gasteiger charge is 2.94. The van der Waals surface area contributed by atoms with Crippen LogP contribution in [0.1, 0.15) is 0 Å². The molecule has 0 saturated carbocycles. The molecule has 0 bridgehead atoms. The minimum absolute atomic E-state index is 0. The lowest BCUT2D eigenvalue weighted by atomic mass is 9.91. The molecule has 0 fully saturated rings. The molecule has 0 aliphatic carbocycles. The summed E-state index contributed by atoms with van der Waals surface area (Å²) in [6.45, 7) is -1.30. The third kappa shape index (κ3) is 5.09. The zero-order valence-electron chi connectivity index (χ0n) is 15.8. The normalized spacial score (nSPS) is 15.3. The number of amides is 1. The van der Waals surface area contributed by atoms with Gasteiger partial charge in [0, 0.05) is 0 Å². The molecule has 0 aromatic rings. The van der Waals surface area contributed by atoms with Crippen molar-refractivity contribution in [2.24, 2.45) is 0 Å². The van der Waals surface area contributed by atoms with Gasteiger partial charge in [-0.15, -0.1) is 0 Å². The van der Waals surface area contributed by atoms with Crippen molar-refractivity contribution < 1.29 is 87.5 Å². The van der Waals surface area contributed by atoms with Gasteiger partial charge in [0.25, 0.3) is 5.91 Å². The Hall–Kier alpha value is -1.33. The minimum Gasteiger partial charge on any atom is -1.00 e. The van der Waals surface area contributed by atoms with Crippen LogP contribution in [0.5, 0.6) is 0 Å². The zero-order valence-corrected chi connectivity index (χ0v) is 16.6. The number of rotatable bonds is 9. The Kier molecular flexibility index (Phi) is 9.02. The quantitative estimate of drug-likeness (QED) is 0.350. The Morgan fingerprint density at radius 2 is 0.938 bits per heavy atom. The number of hydrogen-bond acceptors (Lipinski definition) is 1. The summed E-state index contributed by atoms with van der Waals surface area (Å²) in [5, 5.41) is 0.924. The maximum atomic E-state index is 13.5. The lowest BCUT2D eigenvalue weighted by Crippen LogP contribution is -3.00. The van der Waals surface area contributed by atoms with Gasteiger partial charge in [0.2, 0.25) is 0 Å². The number of nitrogens with one attached hydrogen (secondary N) is 1. The van der Waals surface area contributed by atoms with Gasteiger partial charge in [-0.25, -0.2) is 0 Å². The van der Waals surface area contributed by atoms with Gasteiger partial charge in [-0.2, -0.15) is 65.9 Å². The molecule has 3 nitrogen and oxygen atoms in total. The van der Waals surface area contributed by atoms with E-state index in [-0.39, 0.29) is 23.4 Å². The molecule has 0 atom stereocenters. The van der Waals surface area contributed by atoms with E-state index in [1.807, 2.05) is 0 Å². The van der Waals surface area contributed by atoms with E-state index in [0.717, 1.165) is 5.32 Å². The van der Waals surface area contributed by atoms with Crippen LogP contribution < -0.4 is 17.7 Å². The molecular formula is C13H14ClF15N2O. The molecule has 0 aromatic carbocycles. The Morgan fingerprint density at radius 3 is 1.25 bits per heavy atom. The Bertz CT molecular complexity index is 669. The SMILES string of the molecule is C[N+](C)(C)CCNC(=O)C(F)(F)C(F)(F)C(F)(F)C(F)(F)C(F)(F)C(F)(F)C(F)(F)F.[Cl-]. The predicted molar refractivity (Wildman–Crippen MR) is 71.6 cm³/mol. The highest BCUT2D eigenvalue weighted by molar-refractivity contribution is 5.84. The molecule has 0 heterocycles. The minimum atomic E-state index is -8.41. The molecule has 0 spiro atoms. The average Bonchev–Trinajstić information content (AvgIpc) is 2.51. The van der Waals surface area contributed by atoms with Crippen LogP contribution in [0.2, 0.25) is 0 Å². The second kappa shape index (κ2) is 8.79. The van der Waals surface area contributed by atoms with Gasteiger partial charge in [-0.1, -0.05) is 0 Å². The topological polar surface area (TPSA) is 29.1 Å². The molecule has 0 aliphatic heterocycles. The molecule has 0 unspecified atom stereocenters. The standard InChI is InChI=1S/C13H13F15N2O.ClH/c1-30(2,3)5-4-29-6(31)7(14,15)8(16,17)9(18,19)10(20,21)11(22,23)12(24,25)13(26,27)28;/h4-5H2,1-3H3;1H. The van der Waals surface area contributed by atoms with Crippen LogP contribution in [0.4, 0.5) is 65.9 Å². The second-order valence-corrected chi connectivity index (χ2v) is 7.21. The smallest absolute Gasteiger partial charge is 0.460 e. The van der Waals surface area contributed by atoms with E-state index < -0.39 is 54.2 Å². The van der Waals surface area contributed by atoms with Crippen LogP contribution in [-0.2, 0) is 4.79 Å². The monoisotopic (exact) mass is 534 g/mol. The fourth-order valence-corrected chi connectivity index (χ4v) is 1.73. The molecule has 32 heavy (non-hydrogen) atoms. The van der Waals surface area contributed by atoms with E-state index in [9.17, 15) is 70.7 Å². The van der Waals surface area contributed by atoms with E-state index in [2.05, 4.69) is 0 Å². The second-order valence-electron chi connectivity index (χ2n) is 7.21. The largest absolute Gasteiger partial charge is 1.00 e. The molecular weight excluding hydrogens is 521 g/mol. The predicted octanol–water partition coefficient (Wildman–Crippen LogP) is 1.19. The van der Waals surface area contributed by atoms with Gasteiger partial charge in [0.15, 0.2) is 0 Å². The highest BCUT2D eigenvalue weighted by atomic mass is 35.5. The molecule has 0 radical (unpaired) electrons. The van der Waals surface area contributed by atoms with Gasteiger partial charge < -0.3 is 22.2 Å². The number of carbonyl (C=O) groups is 1. The van der Waals surface area contributed by atoms with Gasteiger partial charge in [0.05, 0.1) is 34.2 Å². The van der Waals surface area contributed by atoms with Crippen LogP contribution in [0.25, 0.3) is 0 Å². The number of quaternary nitrogens is 1. The van der Waals surface area contributed by atoms with Crippen LogP contribution in [0, 0.1) is 0 Å². The first-order valence-corrected chi connectivity index (χ1v) is 7.55. The van der Waals surface area contributed by atoms with Crippen molar-refractivity contribution in [2.45, 2.75) is 41.7 Å². The highest BCUT2D eigenvalue weighted by Crippen LogP contribution is 2.62. The van der Waals surface area contributed by atoms with Crippen molar-refractivity contribution in [1.29, 1.82) is 0 Å². The first kappa shape index (κ1) is 32.8.